The minimum atomic E-state index is -0.325. The number of benzene rings is 2. The first-order valence-corrected chi connectivity index (χ1v) is 8.45. The first-order chi connectivity index (χ1) is 11.4. The Bertz CT molecular complexity index is 746. The van der Waals surface area contributed by atoms with E-state index in [-0.39, 0.29) is 11.4 Å². The van der Waals surface area contributed by atoms with Crippen molar-refractivity contribution in [1.82, 2.24) is 5.32 Å². The zero-order valence-corrected chi connectivity index (χ0v) is 15.0. The molecule has 5 heteroatoms. The predicted octanol–water partition coefficient (Wildman–Crippen LogP) is 3.91. The van der Waals surface area contributed by atoms with Gasteiger partial charge in [-0.1, -0.05) is 29.3 Å². The Balaban J connectivity index is 2.24. The quantitative estimate of drug-likeness (QED) is 0.583. The van der Waals surface area contributed by atoms with Gasteiger partial charge in [0.15, 0.2) is 0 Å². The van der Waals surface area contributed by atoms with Crippen molar-refractivity contribution in [2.24, 2.45) is 5.73 Å². The van der Waals surface area contributed by atoms with E-state index in [0.29, 0.717) is 13.0 Å². The minimum Gasteiger partial charge on any atom is -0.388 e. The van der Waals surface area contributed by atoms with Gasteiger partial charge in [0, 0.05) is 40.5 Å². The van der Waals surface area contributed by atoms with Crippen molar-refractivity contribution in [3.63, 3.8) is 0 Å². The normalized spacial score (nSPS) is 18.9. The lowest BCUT2D eigenvalue weighted by atomic mass is 9.78. The zero-order valence-electron chi connectivity index (χ0n) is 14.3. The molecule has 2 aromatic rings. The average Bonchev–Trinajstić information content (AvgIpc) is 2.55. The lowest BCUT2D eigenvalue weighted by Gasteiger charge is -2.44. The number of amidine groups is 1. The molecule has 3 rings (SSSR count). The highest BCUT2D eigenvalue weighted by Gasteiger charge is 2.38. The molecule has 24 heavy (non-hydrogen) atoms. The van der Waals surface area contributed by atoms with Gasteiger partial charge >= 0.3 is 0 Å². The molecule has 0 amide bonds. The minimum absolute atomic E-state index is 0.195. The summed E-state index contributed by atoms with van der Waals surface area (Å²) >= 11 is 6.29. The molecule has 4 nitrogen and oxygen atoms in total. The van der Waals surface area contributed by atoms with Gasteiger partial charge in [-0.05, 0) is 45.2 Å². The predicted molar refractivity (Wildman–Crippen MR) is 102 cm³/mol. The maximum absolute atomic E-state index is 7.58. The van der Waals surface area contributed by atoms with E-state index in [1.54, 1.807) is 0 Å². The summed E-state index contributed by atoms with van der Waals surface area (Å²) < 4.78 is 0. The van der Waals surface area contributed by atoms with Crippen LogP contribution in [0.2, 0.25) is 5.02 Å². The third-order valence-electron chi connectivity index (χ3n) is 4.87. The van der Waals surface area contributed by atoms with Gasteiger partial charge < -0.3 is 16.0 Å². The summed E-state index contributed by atoms with van der Waals surface area (Å²) in [6.45, 7) is 4.95. The molecule has 1 heterocycles. The van der Waals surface area contributed by atoms with E-state index < -0.39 is 0 Å². The second kappa shape index (κ2) is 6.11. The van der Waals surface area contributed by atoms with Crippen molar-refractivity contribution in [3.8, 4) is 0 Å². The Hall–Kier alpha value is -2.04. The van der Waals surface area contributed by atoms with E-state index in [2.05, 4.69) is 48.3 Å². The van der Waals surface area contributed by atoms with Crippen molar-refractivity contribution in [2.75, 3.05) is 18.5 Å². The molecule has 0 fully saturated rings. The fourth-order valence-electron chi connectivity index (χ4n) is 3.45. The lowest BCUT2D eigenvalue weighted by Crippen LogP contribution is -2.44. The van der Waals surface area contributed by atoms with Crippen molar-refractivity contribution in [3.05, 3.63) is 58.1 Å². The molecule has 0 saturated carbocycles. The van der Waals surface area contributed by atoms with E-state index in [4.69, 9.17) is 22.7 Å². The summed E-state index contributed by atoms with van der Waals surface area (Å²) in [6.07, 6.45) is 0.519. The SMILES string of the molecule is CNC1(C)c2cc(C)ccc2N(CCC(=N)N)c2ccc(Cl)cc21. The van der Waals surface area contributed by atoms with Crippen LogP contribution < -0.4 is 16.0 Å². The van der Waals surface area contributed by atoms with Crippen molar-refractivity contribution < 1.29 is 0 Å². The highest BCUT2D eigenvalue weighted by atomic mass is 35.5. The van der Waals surface area contributed by atoms with E-state index in [0.717, 1.165) is 22.0 Å². The third-order valence-corrected chi connectivity index (χ3v) is 5.11. The summed E-state index contributed by atoms with van der Waals surface area (Å²) in [7, 11) is 1.97. The van der Waals surface area contributed by atoms with Crippen LogP contribution in [0.3, 0.4) is 0 Å². The van der Waals surface area contributed by atoms with E-state index in [9.17, 15) is 0 Å². The van der Waals surface area contributed by atoms with Gasteiger partial charge in [-0.15, -0.1) is 0 Å². The van der Waals surface area contributed by atoms with Crippen LogP contribution in [-0.4, -0.2) is 19.4 Å². The van der Waals surface area contributed by atoms with Gasteiger partial charge in [0.25, 0.3) is 0 Å². The standard InChI is InChI=1S/C19H23ClN4/c1-12-4-6-16-14(10-12)19(2,23-3)15-11-13(20)5-7-17(15)24(16)9-8-18(21)22/h4-7,10-11,23H,8-9H2,1-3H3,(H3,21,22). The van der Waals surface area contributed by atoms with Gasteiger partial charge in [-0.3, -0.25) is 5.41 Å². The van der Waals surface area contributed by atoms with Gasteiger partial charge in [0.05, 0.1) is 11.4 Å². The zero-order chi connectivity index (χ0) is 17.5. The van der Waals surface area contributed by atoms with Crippen molar-refractivity contribution >= 4 is 28.8 Å². The molecule has 4 N–H and O–H groups in total. The first-order valence-electron chi connectivity index (χ1n) is 8.07. The topological polar surface area (TPSA) is 65.1 Å². The second-order valence-corrected chi connectivity index (χ2v) is 6.92. The van der Waals surface area contributed by atoms with Crippen LogP contribution in [0.4, 0.5) is 11.4 Å². The molecule has 126 valence electrons. The third kappa shape index (κ3) is 2.66. The number of hydrogen-bond donors (Lipinski definition) is 3. The number of rotatable bonds is 4. The Morgan fingerprint density at radius 1 is 1.21 bits per heavy atom. The van der Waals surface area contributed by atoms with E-state index in [1.807, 2.05) is 19.2 Å². The number of aryl methyl sites for hydroxylation is 1. The molecule has 0 spiro atoms. The number of nitrogens with two attached hydrogens (primary N) is 1. The van der Waals surface area contributed by atoms with Crippen LogP contribution in [0.5, 0.6) is 0 Å². The molecular weight excluding hydrogens is 320 g/mol. The molecule has 0 radical (unpaired) electrons. The number of fused-ring (bicyclic) bond motifs is 2. The number of nitrogens with one attached hydrogen (secondary N) is 2. The van der Waals surface area contributed by atoms with Crippen LogP contribution in [0.15, 0.2) is 36.4 Å². The Morgan fingerprint density at radius 2 is 1.83 bits per heavy atom. The first kappa shape index (κ1) is 16.8. The van der Waals surface area contributed by atoms with Gasteiger partial charge in [0.2, 0.25) is 0 Å². The number of anilines is 2. The highest BCUT2D eigenvalue weighted by Crippen LogP contribution is 2.48. The molecular formula is C19H23ClN4. The Kier molecular flexibility index (Phi) is 4.28. The fourth-order valence-corrected chi connectivity index (χ4v) is 3.62. The van der Waals surface area contributed by atoms with Gasteiger partial charge in [-0.2, -0.15) is 0 Å². The molecule has 0 aliphatic carbocycles. The molecule has 1 aliphatic heterocycles. The molecule has 0 saturated heterocycles. The average molecular weight is 343 g/mol. The fraction of sp³-hybridized carbons (Fsp3) is 0.316. The Labute approximate surface area is 148 Å². The van der Waals surface area contributed by atoms with Crippen LogP contribution in [0.1, 0.15) is 30.0 Å². The number of halogens is 1. The van der Waals surface area contributed by atoms with Crippen LogP contribution >= 0.6 is 11.6 Å². The van der Waals surface area contributed by atoms with Crippen molar-refractivity contribution in [1.29, 1.82) is 5.41 Å². The molecule has 1 aliphatic rings. The summed E-state index contributed by atoms with van der Waals surface area (Å²) in [5, 5.41) is 11.8. The van der Waals surface area contributed by atoms with Gasteiger partial charge in [0.1, 0.15) is 0 Å². The molecule has 1 unspecified atom stereocenters. The summed E-state index contributed by atoms with van der Waals surface area (Å²) in [5.41, 5.74) is 11.1. The van der Waals surface area contributed by atoms with E-state index in [1.165, 1.54) is 11.1 Å². The lowest BCUT2D eigenvalue weighted by molar-refractivity contribution is 0.478. The maximum atomic E-state index is 7.58. The molecule has 2 aromatic carbocycles. The number of hydrogen-bond acceptors (Lipinski definition) is 3. The van der Waals surface area contributed by atoms with Crippen LogP contribution in [-0.2, 0) is 5.54 Å². The van der Waals surface area contributed by atoms with Crippen LogP contribution in [0.25, 0.3) is 0 Å². The van der Waals surface area contributed by atoms with E-state index >= 15 is 0 Å². The second-order valence-electron chi connectivity index (χ2n) is 6.48. The summed E-state index contributed by atoms with van der Waals surface area (Å²) in [5.74, 6) is 0.195. The van der Waals surface area contributed by atoms with Crippen LogP contribution in [0, 0.1) is 12.3 Å². The smallest absolute Gasteiger partial charge is 0.0923 e. The van der Waals surface area contributed by atoms with Crippen molar-refractivity contribution in [2.45, 2.75) is 25.8 Å². The maximum Gasteiger partial charge on any atom is 0.0923 e. The molecule has 0 bridgehead atoms. The molecule has 0 aromatic heterocycles. The monoisotopic (exact) mass is 342 g/mol. The summed E-state index contributed by atoms with van der Waals surface area (Å²) in [6, 6.07) is 12.5. The highest BCUT2D eigenvalue weighted by molar-refractivity contribution is 6.30. The summed E-state index contributed by atoms with van der Waals surface area (Å²) in [4.78, 5) is 2.24. The molecule has 1 atom stereocenters. The number of nitrogens with zero attached hydrogens (tertiary/aromatic N) is 1. The Morgan fingerprint density at radius 3 is 2.46 bits per heavy atom. The van der Waals surface area contributed by atoms with Gasteiger partial charge in [-0.25, -0.2) is 0 Å². The largest absolute Gasteiger partial charge is 0.388 e.